The largest absolute Gasteiger partial charge is 0.372 e. The Morgan fingerprint density at radius 2 is 2.00 bits per heavy atom. The molecule has 0 atom stereocenters. The van der Waals surface area contributed by atoms with Crippen LogP contribution >= 0.6 is 0 Å². The van der Waals surface area contributed by atoms with Crippen molar-refractivity contribution in [1.29, 1.82) is 0 Å². The van der Waals surface area contributed by atoms with Gasteiger partial charge in [0.05, 0.1) is 0 Å². The van der Waals surface area contributed by atoms with E-state index < -0.39 is 17.6 Å². The summed E-state index contributed by atoms with van der Waals surface area (Å²) in [7, 11) is 0. The van der Waals surface area contributed by atoms with Gasteiger partial charge in [0.1, 0.15) is 5.82 Å². The Morgan fingerprint density at radius 3 is 2.78 bits per heavy atom. The lowest BCUT2D eigenvalue weighted by atomic mass is 9.98. The van der Waals surface area contributed by atoms with Crippen molar-refractivity contribution < 1.29 is 14.0 Å². The third-order valence-corrected chi connectivity index (χ3v) is 4.73. The summed E-state index contributed by atoms with van der Waals surface area (Å²) in [6.07, 6.45) is 2.88. The van der Waals surface area contributed by atoms with Crippen LogP contribution in [0.2, 0.25) is 0 Å². The molecule has 0 saturated heterocycles. The number of benzene rings is 2. The van der Waals surface area contributed by atoms with E-state index in [-0.39, 0.29) is 5.69 Å². The van der Waals surface area contributed by atoms with E-state index in [1.807, 2.05) is 0 Å². The molecule has 2 N–H and O–H groups in total. The molecule has 27 heavy (non-hydrogen) atoms. The van der Waals surface area contributed by atoms with Crippen molar-refractivity contribution in [2.75, 3.05) is 29.9 Å². The molecular formula is C21H24FN3O2. The first kappa shape index (κ1) is 18.9. The summed E-state index contributed by atoms with van der Waals surface area (Å²) < 4.78 is 13.1. The predicted octanol–water partition coefficient (Wildman–Crippen LogP) is 2.90. The van der Waals surface area contributed by atoms with Gasteiger partial charge in [-0.2, -0.15) is 0 Å². The first-order valence-corrected chi connectivity index (χ1v) is 9.28. The smallest absolute Gasteiger partial charge is 0.313 e. The fraction of sp³-hybridized carbons (Fsp3) is 0.333. The third-order valence-electron chi connectivity index (χ3n) is 4.73. The lowest BCUT2D eigenvalue weighted by Crippen LogP contribution is -2.36. The summed E-state index contributed by atoms with van der Waals surface area (Å²) >= 11 is 0. The summed E-state index contributed by atoms with van der Waals surface area (Å²) in [6, 6.07) is 11.8. The minimum atomic E-state index is -0.801. The molecule has 142 valence electrons. The molecule has 0 spiro atoms. The molecule has 0 saturated carbocycles. The maximum Gasteiger partial charge on any atom is 0.313 e. The van der Waals surface area contributed by atoms with Gasteiger partial charge in [0, 0.05) is 31.0 Å². The molecule has 1 heterocycles. The van der Waals surface area contributed by atoms with Crippen LogP contribution in [0.1, 0.15) is 24.5 Å². The van der Waals surface area contributed by atoms with Crippen molar-refractivity contribution in [3.8, 4) is 0 Å². The van der Waals surface area contributed by atoms with Crippen LogP contribution in [-0.2, 0) is 22.4 Å². The van der Waals surface area contributed by atoms with Crippen LogP contribution in [0.5, 0.6) is 0 Å². The molecule has 0 aromatic heterocycles. The normalized spacial score (nSPS) is 13.0. The minimum absolute atomic E-state index is 0.255. The maximum atomic E-state index is 13.1. The summed E-state index contributed by atoms with van der Waals surface area (Å²) in [5, 5.41) is 5.00. The molecule has 0 aliphatic carbocycles. The fourth-order valence-electron chi connectivity index (χ4n) is 3.37. The second-order valence-corrected chi connectivity index (χ2v) is 6.62. The number of amides is 2. The SMILES string of the molecule is CCN1CCCc2cc(CCNC(=O)C(=O)Nc3cccc(F)c3)ccc21. The van der Waals surface area contributed by atoms with Crippen LogP contribution in [0.4, 0.5) is 15.8 Å². The van der Waals surface area contributed by atoms with Crippen molar-refractivity contribution in [2.45, 2.75) is 26.2 Å². The molecule has 1 aliphatic rings. The van der Waals surface area contributed by atoms with Crippen molar-refractivity contribution in [3.63, 3.8) is 0 Å². The van der Waals surface area contributed by atoms with Crippen LogP contribution in [0.15, 0.2) is 42.5 Å². The van der Waals surface area contributed by atoms with Crippen LogP contribution in [0, 0.1) is 5.82 Å². The fourth-order valence-corrected chi connectivity index (χ4v) is 3.37. The Morgan fingerprint density at radius 1 is 1.15 bits per heavy atom. The van der Waals surface area contributed by atoms with Gasteiger partial charge in [-0.15, -0.1) is 0 Å². The van der Waals surface area contributed by atoms with Gasteiger partial charge < -0.3 is 15.5 Å². The Hall–Kier alpha value is -2.89. The standard InChI is InChI=1S/C21H24FN3O2/c1-2-25-12-4-5-16-13-15(8-9-19(16)25)10-11-23-20(26)21(27)24-18-7-3-6-17(22)14-18/h3,6-9,13-14H,2,4-5,10-12H2,1H3,(H,23,26)(H,24,27). The molecule has 0 fully saturated rings. The van der Waals surface area contributed by atoms with E-state index in [0.717, 1.165) is 37.6 Å². The number of aryl methyl sites for hydroxylation is 1. The molecule has 0 radical (unpaired) electrons. The van der Waals surface area contributed by atoms with Gasteiger partial charge in [0.15, 0.2) is 0 Å². The van der Waals surface area contributed by atoms with E-state index in [4.69, 9.17) is 0 Å². The van der Waals surface area contributed by atoms with Gasteiger partial charge in [0.25, 0.3) is 0 Å². The molecule has 1 aliphatic heterocycles. The average molecular weight is 369 g/mol. The third kappa shape index (κ3) is 4.84. The van der Waals surface area contributed by atoms with E-state index >= 15 is 0 Å². The van der Waals surface area contributed by atoms with Gasteiger partial charge in [-0.1, -0.05) is 18.2 Å². The number of carbonyl (C=O) groups excluding carboxylic acids is 2. The molecule has 2 aromatic carbocycles. The van der Waals surface area contributed by atoms with Crippen LogP contribution in [-0.4, -0.2) is 31.4 Å². The molecular weight excluding hydrogens is 345 g/mol. The first-order chi connectivity index (χ1) is 13.1. The average Bonchev–Trinajstić information content (AvgIpc) is 2.67. The number of hydrogen-bond acceptors (Lipinski definition) is 3. The highest BCUT2D eigenvalue weighted by Crippen LogP contribution is 2.27. The number of fused-ring (bicyclic) bond motifs is 1. The van der Waals surface area contributed by atoms with Gasteiger partial charge in [-0.25, -0.2) is 4.39 Å². The van der Waals surface area contributed by atoms with Crippen LogP contribution < -0.4 is 15.5 Å². The summed E-state index contributed by atoms with van der Waals surface area (Å²) in [5.74, 6) is -2.00. The number of halogens is 1. The zero-order chi connectivity index (χ0) is 19.2. The highest BCUT2D eigenvalue weighted by molar-refractivity contribution is 6.39. The van der Waals surface area contributed by atoms with Crippen molar-refractivity contribution in [1.82, 2.24) is 5.32 Å². The number of carbonyl (C=O) groups is 2. The zero-order valence-electron chi connectivity index (χ0n) is 15.4. The van der Waals surface area contributed by atoms with Crippen molar-refractivity contribution in [2.24, 2.45) is 0 Å². The zero-order valence-corrected chi connectivity index (χ0v) is 15.4. The van der Waals surface area contributed by atoms with Gasteiger partial charge in [-0.3, -0.25) is 9.59 Å². The lowest BCUT2D eigenvalue weighted by molar-refractivity contribution is -0.136. The Balaban J connectivity index is 1.50. The minimum Gasteiger partial charge on any atom is -0.372 e. The maximum absolute atomic E-state index is 13.1. The Labute approximate surface area is 158 Å². The van der Waals surface area contributed by atoms with E-state index in [2.05, 4.69) is 40.7 Å². The first-order valence-electron chi connectivity index (χ1n) is 9.28. The molecule has 0 bridgehead atoms. The highest BCUT2D eigenvalue weighted by atomic mass is 19.1. The second-order valence-electron chi connectivity index (χ2n) is 6.62. The van der Waals surface area contributed by atoms with Gasteiger partial charge >= 0.3 is 11.8 Å². The Kier molecular flexibility index (Phi) is 6.06. The van der Waals surface area contributed by atoms with Gasteiger partial charge in [-0.05, 0) is 61.6 Å². The highest BCUT2D eigenvalue weighted by Gasteiger charge is 2.16. The van der Waals surface area contributed by atoms with E-state index in [9.17, 15) is 14.0 Å². The van der Waals surface area contributed by atoms with E-state index in [0.29, 0.717) is 13.0 Å². The number of nitrogens with zero attached hydrogens (tertiary/aromatic N) is 1. The predicted molar refractivity (Wildman–Crippen MR) is 104 cm³/mol. The summed E-state index contributed by atoms with van der Waals surface area (Å²) in [4.78, 5) is 26.2. The monoisotopic (exact) mass is 369 g/mol. The molecule has 5 nitrogen and oxygen atoms in total. The summed E-state index contributed by atoms with van der Waals surface area (Å²) in [6.45, 7) is 4.63. The quantitative estimate of drug-likeness (QED) is 0.797. The second kappa shape index (κ2) is 8.66. The number of hydrogen-bond donors (Lipinski definition) is 2. The lowest BCUT2D eigenvalue weighted by Gasteiger charge is -2.30. The van der Waals surface area contributed by atoms with Crippen molar-refractivity contribution in [3.05, 3.63) is 59.4 Å². The molecule has 2 amide bonds. The van der Waals surface area contributed by atoms with Gasteiger partial charge in [0.2, 0.25) is 0 Å². The number of rotatable bonds is 5. The summed E-state index contributed by atoms with van der Waals surface area (Å²) in [5.41, 5.74) is 4.03. The topological polar surface area (TPSA) is 61.4 Å². The Bertz CT molecular complexity index is 838. The van der Waals surface area contributed by atoms with Crippen molar-refractivity contribution >= 4 is 23.2 Å². The number of nitrogens with one attached hydrogen (secondary N) is 2. The molecule has 2 aromatic rings. The molecule has 3 rings (SSSR count). The van der Waals surface area contributed by atoms with Crippen LogP contribution in [0.25, 0.3) is 0 Å². The van der Waals surface area contributed by atoms with Crippen LogP contribution in [0.3, 0.4) is 0 Å². The number of anilines is 2. The van der Waals surface area contributed by atoms with E-state index in [1.165, 1.54) is 29.4 Å². The molecule has 6 heteroatoms. The van der Waals surface area contributed by atoms with E-state index in [1.54, 1.807) is 0 Å². The molecule has 0 unspecified atom stereocenters.